The van der Waals surface area contributed by atoms with Crippen molar-refractivity contribution in [3.05, 3.63) is 24.0 Å². The number of carbonyl (C=O) groups excluding carboxylic acids is 2. The fourth-order valence-electron chi connectivity index (χ4n) is 3.46. The van der Waals surface area contributed by atoms with Crippen molar-refractivity contribution < 1.29 is 9.59 Å². The Morgan fingerprint density at radius 3 is 2.57 bits per heavy atom. The van der Waals surface area contributed by atoms with Gasteiger partial charge in [0.05, 0.1) is 6.42 Å². The lowest BCUT2D eigenvalue weighted by Crippen LogP contribution is -2.45. The molecule has 2 fully saturated rings. The second kappa shape index (κ2) is 7.53. The first-order chi connectivity index (χ1) is 11.2. The largest absolute Gasteiger partial charge is 0.365 e. The molecule has 1 saturated carbocycles. The number of urea groups is 1. The summed E-state index contributed by atoms with van der Waals surface area (Å²) in [5, 5.41) is 3.14. The van der Waals surface area contributed by atoms with E-state index in [0.29, 0.717) is 25.6 Å². The van der Waals surface area contributed by atoms with Crippen LogP contribution < -0.4 is 5.32 Å². The van der Waals surface area contributed by atoms with Crippen LogP contribution in [0.5, 0.6) is 0 Å². The Bertz CT molecular complexity index is 523. The maximum absolute atomic E-state index is 12.4. The molecule has 1 aromatic rings. The van der Waals surface area contributed by atoms with Gasteiger partial charge in [0, 0.05) is 44.1 Å². The molecule has 0 radical (unpaired) electrons. The number of nitrogens with zero attached hydrogens (tertiary/aromatic N) is 2. The minimum absolute atomic E-state index is 0.0376. The molecule has 2 N–H and O–H groups in total. The second-order valence-electron chi connectivity index (χ2n) is 6.52. The number of hydrogen-bond donors (Lipinski definition) is 2. The lowest BCUT2D eigenvalue weighted by atomic mass is 10.2. The van der Waals surface area contributed by atoms with Gasteiger partial charge in [0.1, 0.15) is 0 Å². The first-order valence-corrected chi connectivity index (χ1v) is 8.68. The van der Waals surface area contributed by atoms with Crippen LogP contribution in [-0.2, 0) is 11.2 Å². The van der Waals surface area contributed by atoms with Crippen molar-refractivity contribution in [1.82, 2.24) is 20.1 Å². The second-order valence-corrected chi connectivity index (χ2v) is 6.52. The van der Waals surface area contributed by atoms with Crippen molar-refractivity contribution in [3.63, 3.8) is 0 Å². The molecule has 6 nitrogen and oxygen atoms in total. The summed E-state index contributed by atoms with van der Waals surface area (Å²) in [5.41, 5.74) is 0.940. The zero-order valence-corrected chi connectivity index (χ0v) is 13.6. The van der Waals surface area contributed by atoms with Crippen molar-refractivity contribution in [3.8, 4) is 0 Å². The van der Waals surface area contributed by atoms with Crippen LogP contribution in [0.15, 0.2) is 18.3 Å². The topological polar surface area (TPSA) is 68.4 Å². The molecule has 3 amide bonds. The standard InChI is InChI=1S/C17H26N4O2/c22-16(13-15-7-3-8-18-15)20-9-4-10-21(12-11-20)17(23)19-14-5-1-2-6-14/h3,7-8,14,18H,1-2,4-6,9-13H2,(H,19,23). The number of carbonyl (C=O) groups is 2. The van der Waals surface area contributed by atoms with Gasteiger partial charge in [-0.3, -0.25) is 4.79 Å². The molecule has 2 heterocycles. The van der Waals surface area contributed by atoms with Crippen LogP contribution in [-0.4, -0.2) is 58.9 Å². The maximum Gasteiger partial charge on any atom is 0.317 e. The number of nitrogens with one attached hydrogen (secondary N) is 2. The fourth-order valence-corrected chi connectivity index (χ4v) is 3.46. The normalized spacial score (nSPS) is 19.7. The Balaban J connectivity index is 1.48. The Morgan fingerprint density at radius 2 is 1.83 bits per heavy atom. The number of aromatic nitrogens is 1. The van der Waals surface area contributed by atoms with Crippen LogP contribution in [0.25, 0.3) is 0 Å². The molecular formula is C17H26N4O2. The van der Waals surface area contributed by atoms with Crippen molar-refractivity contribution in [1.29, 1.82) is 0 Å². The first kappa shape index (κ1) is 15.9. The van der Waals surface area contributed by atoms with E-state index in [-0.39, 0.29) is 11.9 Å². The lowest BCUT2D eigenvalue weighted by molar-refractivity contribution is -0.130. The summed E-state index contributed by atoms with van der Waals surface area (Å²) in [5.74, 6) is 0.130. The molecule has 0 aromatic carbocycles. The minimum Gasteiger partial charge on any atom is -0.365 e. The maximum atomic E-state index is 12.4. The molecule has 3 rings (SSSR count). The van der Waals surface area contributed by atoms with E-state index in [9.17, 15) is 9.59 Å². The highest BCUT2D eigenvalue weighted by molar-refractivity contribution is 5.79. The van der Waals surface area contributed by atoms with Gasteiger partial charge < -0.3 is 20.1 Å². The molecule has 0 spiro atoms. The van der Waals surface area contributed by atoms with E-state index in [1.807, 2.05) is 28.1 Å². The van der Waals surface area contributed by atoms with Gasteiger partial charge in [0.2, 0.25) is 5.91 Å². The van der Waals surface area contributed by atoms with Crippen LogP contribution >= 0.6 is 0 Å². The highest BCUT2D eigenvalue weighted by atomic mass is 16.2. The third kappa shape index (κ3) is 4.27. The summed E-state index contributed by atoms with van der Waals surface area (Å²) in [6.07, 6.45) is 7.70. The molecule has 1 aliphatic heterocycles. The number of hydrogen-bond acceptors (Lipinski definition) is 2. The summed E-state index contributed by atoms with van der Waals surface area (Å²) < 4.78 is 0. The average Bonchev–Trinajstić information content (AvgIpc) is 3.17. The van der Waals surface area contributed by atoms with E-state index in [4.69, 9.17) is 0 Å². The molecule has 0 atom stereocenters. The first-order valence-electron chi connectivity index (χ1n) is 8.68. The van der Waals surface area contributed by atoms with E-state index >= 15 is 0 Å². The lowest BCUT2D eigenvalue weighted by Gasteiger charge is -2.24. The number of amides is 3. The third-order valence-corrected chi connectivity index (χ3v) is 4.82. The Morgan fingerprint density at radius 1 is 1.09 bits per heavy atom. The quantitative estimate of drug-likeness (QED) is 0.891. The Hall–Kier alpha value is -1.98. The van der Waals surface area contributed by atoms with Crippen molar-refractivity contribution in [2.24, 2.45) is 0 Å². The van der Waals surface area contributed by atoms with E-state index < -0.39 is 0 Å². The molecule has 0 bridgehead atoms. The predicted octanol–water partition coefficient (Wildman–Crippen LogP) is 1.74. The Kier molecular flexibility index (Phi) is 5.20. The molecule has 0 unspecified atom stereocenters. The fraction of sp³-hybridized carbons (Fsp3) is 0.647. The molecule has 1 saturated heterocycles. The highest BCUT2D eigenvalue weighted by Crippen LogP contribution is 2.18. The average molecular weight is 318 g/mol. The number of H-pyrrole nitrogens is 1. The smallest absolute Gasteiger partial charge is 0.317 e. The summed E-state index contributed by atoms with van der Waals surface area (Å²) >= 11 is 0. The third-order valence-electron chi connectivity index (χ3n) is 4.82. The molecular weight excluding hydrogens is 292 g/mol. The highest BCUT2D eigenvalue weighted by Gasteiger charge is 2.24. The van der Waals surface area contributed by atoms with E-state index in [2.05, 4.69) is 10.3 Å². The van der Waals surface area contributed by atoms with Crippen LogP contribution in [0, 0.1) is 0 Å². The summed E-state index contributed by atoms with van der Waals surface area (Å²) in [6, 6.07) is 4.21. The molecule has 1 aliphatic carbocycles. The van der Waals surface area contributed by atoms with Gasteiger partial charge in [-0.1, -0.05) is 12.8 Å². The van der Waals surface area contributed by atoms with Crippen LogP contribution in [0.4, 0.5) is 4.79 Å². The van der Waals surface area contributed by atoms with Gasteiger partial charge >= 0.3 is 6.03 Å². The van der Waals surface area contributed by atoms with Crippen LogP contribution in [0.3, 0.4) is 0 Å². The molecule has 2 aliphatic rings. The summed E-state index contributed by atoms with van der Waals surface area (Å²) in [6.45, 7) is 2.70. The van der Waals surface area contributed by atoms with Crippen molar-refractivity contribution in [2.45, 2.75) is 44.6 Å². The predicted molar refractivity (Wildman–Crippen MR) is 88.1 cm³/mol. The van der Waals surface area contributed by atoms with Gasteiger partial charge in [0.15, 0.2) is 0 Å². The van der Waals surface area contributed by atoms with Gasteiger partial charge in [0.25, 0.3) is 0 Å². The molecule has 126 valence electrons. The minimum atomic E-state index is 0.0376. The SMILES string of the molecule is O=C(Cc1ccc[nH]1)N1CCCN(C(=O)NC2CCCC2)CC1. The summed E-state index contributed by atoms with van der Waals surface area (Å²) in [4.78, 5) is 31.5. The molecule has 23 heavy (non-hydrogen) atoms. The van der Waals surface area contributed by atoms with E-state index in [0.717, 1.165) is 38.0 Å². The van der Waals surface area contributed by atoms with Crippen molar-refractivity contribution in [2.75, 3.05) is 26.2 Å². The van der Waals surface area contributed by atoms with Gasteiger partial charge in [-0.05, 0) is 31.4 Å². The molecule has 1 aromatic heterocycles. The van der Waals surface area contributed by atoms with E-state index in [1.165, 1.54) is 12.8 Å². The number of aromatic amines is 1. The zero-order chi connectivity index (χ0) is 16.1. The summed E-state index contributed by atoms with van der Waals surface area (Å²) in [7, 11) is 0. The van der Waals surface area contributed by atoms with Crippen LogP contribution in [0.1, 0.15) is 37.8 Å². The van der Waals surface area contributed by atoms with Crippen molar-refractivity contribution >= 4 is 11.9 Å². The van der Waals surface area contributed by atoms with Gasteiger partial charge in [-0.25, -0.2) is 4.79 Å². The van der Waals surface area contributed by atoms with Gasteiger partial charge in [-0.2, -0.15) is 0 Å². The van der Waals surface area contributed by atoms with Gasteiger partial charge in [-0.15, -0.1) is 0 Å². The van der Waals surface area contributed by atoms with E-state index in [1.54, 1.807) is 0 Å². The zero-order valence-electron chi connectivity index (χ0n) is 13.6. The molecule has 6 heteroatoms. The Labute approximate surface area is 137 Å². The van der Waals surface area contributed by atoms with Crippen LogP contribution in [0.2, 0.25) is 0 Å². The number of rotatable bonds is 3. The monoisotopic (exact) mass is 318 g/mol.